The molecule has 0 aromatic carbocycles. The van der Waals surface area contributed by atoms with Gasteiger partial charge in [-0.05, 0) is 0 Å². The molecule has 0 saturated carbocycles. The number of aromatic nitrogens is 2. The second-order valence-corrected chi connectivity index (χ2v) is 0.844. The summed E-state index contributed by atoms with van der Waals surface area (Å²) in [5, 5.41) is 0. The van der Waals surface area contributed by atoms with Gasteiger partial charge in [0.05, 0.1) is 6.33 Å². The summed E-state index contributed by atoms with van der Waals surface area (Å²) in [5.74, 6) is 0. The summed E-state index contributed by atoms with van der Waals surface area (Å²) in [6, 6.07) is 0. The molecular formula is C4H4N2O2. The number of nitrogens with one attached hydrogen (secondary N) is 1. The lowest BCUT2D eigenvalue weighted by Crippen LogP contribution is -1.44. The Labute approximate surface area is 45.6 Å². The number of rotatable bonds is 0. The molecule has 0 unspecified atom stereocenters. The Morgan fingerprint density at radius 2 is 2.12 bits per heavy atom. The van der Waals surface area contributed by atoms with E-state index in [1.54, 1.807) is 18.7 Å². The number of H-pyrrole nitrogens is 1. The third-order valence-corrected chi connectivity index (χ3v) is 0.406. The summed E-state index contributed by atoms with van der Waals surface area (Å²) >= 11 is 0. The van der Waals surface area contributed by atoms with Crippen molar-refractivity contribution in [2.75, 3.05) is 0 Å². The Balaban J connectivity index is 0.000000145. The molecule has 1 heterocycles. The maximum atomic E-state index is 8.12. The number of hydrogen-bond donors (Lipinski definition) is 1. The summed E-state index contributed by atoms with van der Waals surface area (Å²) in [6.07, 6.45) is 5.33. The minimum Gasteiger partial charge on any atom is -0.351 e. The minimum absolute atomic E-state index is 0.250. The van der Waals surface area contributed by atoms with Gasteiger partial charge < -0.3 is 4.98 Å². The van der Waals surface area contributed by atoms with E-state index >= 15 is 0 Å². The van der Waals surface area contributed by atoms with Crippen molar-refractivity contribution in [1.29, 1.82) is 0 Å². The third kappa shape index (κ3) is 4.59. The van der Waals surface area contributed by atoms with Crippen LogP contribution in [0.3, 0.4) is 0 Å². The minimum atomic E-state index is 0.250. The van der Waals surface area contributed by atoms with Crippen molar-refractivity contribution in [3.05, 3.63) is 18.7 Å². The number of aromatic amines is 1. The highest BCUT2D eigenvalue weighted by Crippen LogP contribution is 1.62. The zero-order chi connectivity index (χ0) is 6.24. The van der Waals surface area contributed by atoms with Gasteiger partial charge in [-0.1, -0.05) is 0 Å². The zero-order valence-electron chi connectivity index (χ0n) is 4.00. The van der Waals surface area contributed by atoms with Gasteiger partial charge in [0.15, 0.2) is 0 Å². The Morgan fingerprint density at radius 1 is 1.50 bits per heavy atom. The van der Waals surface area contributed by atoms with E-state index in [0.717, 1.165) is 0 Å². The van der Waals surface area contributed by atoms with Gasteiger partial charge in [-0.25, -0.2) is 4.98 Å². The van der Waals surface area contributed by atoms with Crippen LogP contribution in [0.1, 0.15) is 0 Å². The fourth-order valence-electron chi connectivity index (χ4n) is 0.215. The van der Waals surface area contributed by atoms with E-state index in [2.05, 4.69) is 9.97 Å². The van der Waals surface area contributed by atoms with E-state index in [-0.39, 0.29) is 6.15 Å². The summed E-state index contributed by atoms with van der Waals surface area (Å²) in [6.45, 7) is 0. The molecule has 4 nitrogen and oxygen atoms in total. The van der Waals surface area contributed by atoms with Crippen molar-refractivity contribution >= 4 is 6.15 Å². The normalized spacial score (nSPS) is 6.00. The van der Waals surface area contributed by atoms with E-state index in [1.165, 1.54) is 0 Å². The number of hydrogen-bond acceptors (Lipinski definition) is 3. The average Bonchev–Trinajstić information content (AvgIpc) is 2.17. The molecule has 0 radical (unpaired) electrons. The summed E-state index contributed by atoms with van der Waals surface area (Å²) in [7, 11) is 0. The first-order valence-electron chi connectivity index (χ1n) is 1.84. The molecular weight excluding hydrogens is 108 g/mol. The maximum Gasteiger partial charge on any atom is 0.373 e. The van der Waals surface area contributed by atoms with Crippen LogP contribution in [0.5, 0.6) is 0 Å². The molecule has 0 atom stereocenters. The molecule has 1 N–H and O–H groups in total. The summed E-state index contributed by atoms with van der Waals surface area (Å²) in [4.78, 5) is 22.7. The summed E-state index contributed by atoms with van der Waals surface area (Å²) in [5.41, 5.74) is 0. The molecule has 1 aromatic heterocycles. The Hall–Kier alpha value is -1.41. The molecule has 1 aromatic rings. The van der Waals surface area contributed by atoms with Crippen molar-refractivity contribution in [2.45, 2.75) is 0 Å². The zero-order valence-corrected chi connectivity index (χ0v) is 4.00. The topological polar surface area (TPSA) is 62.8 Å². The van der Waals surface area contributed by atoms with Crippen LogP contribution in [0.2, 0.25) is 0 Å². The fraction of sp³-hybridized carbons (Fsp3) is 0. The van der Waals surface area contributed by atoms with E-state index in [1.807, 2.05) is 0 Å². The summed E-state index contributed by atoms with van der Waals surface area (Å²) < 4.78 is 0. The molecule has 0 bridgehead atoms. The number of imidazole rings is 1. The van der Waals surface area contributed by atoms with Gasteiger partial charge in [0.25, 0.3) is 0 Å². The highest BCUT2D eigenvalue weighted by Gasteiger charge is 1.56. The Morgan fingerprint density at radius 3 is 2.25 bits per heavy atom. The lowest BCUT2D eigenvalue weighted by molar-refractivity contribution is -0.191. The molecule has 0 spiro atoms. The molecule has 0 amide bonds. The molecule has 0 aliphatic carbocycles. The van der Waals surface area contributed by atoms with Crippen LogP contribution in [-0.2, 0) is 9.59 Å². The van der Waals surface area contributed by atoms with Crippen LogP contribution < -0.4 is 0 Å². The molecule has 0 saturated heterocycles. The first-order valence-corrected chi connectivity index (χ1v) is 1.84. The van der Waals surface area contributed by atoms with Gasteiger partial charge in [0.1, 0.15) is 0 Å². The van der Waals surface area contributed by atoms with Crippen LogP contribution in [0.15, 0.2) is 18.7 Å². The second-order valence-electron chi connectivity index (χ2n) is 0.844. The van der Waals surface area contributed by atoms with Crippen LogP contribution in [0.4, 0.5) is 0 Å². The predicted molar refractivity (Wildman–Crippen MR) is 23.6 cm³/mol. The first-order chi connectivity index (χ1) is 3.91. The molecule has 0 fully saturated rings. The van der Waals surface area contributed by atoms with Crippen LogP contribution in [0, 0.1) is 0 Å². The lowest BCUT2D eigenvalue weighted by Gasteiger charge is -1.46. The van der Waals surface area contributed by atoms with Crippen LogP contribution in [-0.4, -0.2) is 16.1 Å². The second kappa shape index (κ2) is 5.59. The number of nitrogens with zero attached hydrogens (tertiary/aromatic N) is 1. The van der Waals surface area contributed by atoms with Gasteiger partial charge in [0, 0.05) is 12.4 Å². The largest absolute Gasteiger partial charge is 0.373 e. The van der Waals surface area contributed by atoms with Crippen LogP contribution >= 0.6 is 0 Å². The Kier molecular flexibility index (Phi) is 4.60. The SMILES string of the molecule is O=C=O.c1c[nH]cn1. The van der Waals surface area contributed by atoms with E-state index < -0.39 is 0 Å². The smallest absolute Gasteiger partial charge is 0.351 e. The highest BCUT2D eigenvalue weighted by molar-refractivity contribution is 5.20. The highest BCUT2D eigenvalue weighted by atomic mass is 16.2. The van der Waals surface area contributed by atoms with Gasteiger partial charge in [-0.2, -0.15) is 9.59 Å². The van der Waals surface area contributed by atoms with Gasteiger partial charge in [-0.3, -0.25) is 0 Å². The molecule has 42 valence electrons. The first kappa shape index (κ1) is 6.59. The third-order valence-electron chi connectivity index (χ3n) is 0.406. The molecule has 1 rings (SSSR count). The van der Waals surface area contributed by atoms with Crippen molar-refractivity contribution in [3.8, 4) is 0 Å². The quantitative estimate of drug-likeness (QED) is 0.506. The van der Waals surface area contributed by atoms with E-state index in [4.69, 9.17) is 9.59 Å². The van der Waals surface area contributed by atoms with Crippen molar-refractivity contribution in [1.82, 2.24) is 9.97 Å². The lowest BCUT2D eigenvalue weighted by atomic mass is 11.0. The fourth-order valence-corrected chi connectivity index (χ4v) is 0.215. The predicted octanol–water partition coefficient (Wildman–Crippen LogP) is -0.174. The Bertz CT molecular complexity index is 124. The van der Waals surface area contributed by atoms with E-state index in [0.29, 0.717) is 0 Å². The van der Waals surface area contributed by atoms with Gasteiger partial charge >= 0.3 is 6.15 Å². The van der Waals surface area contributed by atoms with Crippen molar-refractivity contribution in [3.63, 3.8) is 0 Å². The molecule has 4 heteroatoms. The van der Waals surface area contributed by atoms with Crippen molar-refractivity contribution in [2.24, 2.45) is 0 Å². The van der Waals surface area contributed by atoms with Gasteiger partial charge in [-0.15, -0.1) is 0 Å². The number of carbonyl (C=O) groups excluding carboxylic acids is 2. The average molecular weight is 112 g/mol. The molecule has 0 aliphatic rings. The monoisotopic (exact) mass is 112 g/mol. The molecule has 0 aliphatic heterocycles. The van der Waals surface area contributed by atoms with Crippen LogP contribution in [0.25, 0.3) is 0 Å². The maximum absolute atomic E-state index is 8.12. The molecule has 8 heavy (non-hydrogen) atoms. The van der Waals surface area contributed by atoms with Gasteiger partial charge in [0.2, 0.25) is 0 Å². The van der Waals surface area contributed by atoms with Crippen molar-refractivity contribution < 1.29 is 9.59 Å². The van der Waals surface area contributed by atoms with E-state index in [9.17, 15) is 0 Å². The standard InChI is InChI=1S/C3H4N2.CO2/c1-2-5-3-4-1;2-1-3/h1-3H,(H,4,5);.